The van der Waals surface area contributed by atoms with Gasteiger partial charge in [-0.05, 0) is 128 Å². The number of hydrogen-bond acceptors (Lipinski definition) is 6. The Hall–Kier alpha value is -3.93. The van der Waals surface area contributed by atoms with Crippen LogP contribution in [0.4, 0.5) is 0 Å². The minimum atomic E-state index is -0.799. The van der Waals surface area contributed by atoms with E-state index in [1.807, 2.05) is 0 Å². The molecule has 0 fully saturated rings. The maximum absolute atomic E-state index is 12.9. The lowest BCUT2D eigenvalue weighted by molar-refractivity contribution is -0.167. The van der Waals surface area contributed by atoms with Crippen molar-refractivity contribution in [1.82, 2.24) is 0 Å². The molecule has 0 aliphatic heterocycles. The van der Waals surface area contributed by atoms with Gasteiger partial charge < -0.3 is 14.2 Å². The summed E-state index contributed by atoms with van der Waals surface area (Å²) in [7, 11) is 0. The molecule has 0 heterocycles. The molecule has 0 bridgehead atoms. The molecule has 0 spiro atoms. The minimum Gasteiger partial charge on any atom is -0.462 e. The van der Waals surface area contributed by atoms with Gasteiger partial charge in [0.15, 0.2) is 6.10 Å². The highest BCUT2D eigenvalue weighted by Gasteiger charge is 2.19. The first-order chi connectivity index (χ1) is 38.5. The van der Waals surface area contributed by atoms with Crippen molar-refractivity contribution in [3.05, 3.63) is 109 Å². The molecule has 1 unspecified atom stereocenters. The van der Waals surface area contributed by atoms with Crippen molar-refractivity contribution in [2.75, 3.05) is 13.2 Å². The maximum Gasteiger partial charge on any atom is 0.306 e. The molecule has 6 heteroatoms. The molecule has 0 aromatic rings. The number of carbonyl (C=O) groups excluding carboxylic acids is 3. The van der Waals surface area contributed by atoms with Crippen LogP contribution in [0, 0.1) is 0 Å². The second-order valence-corrected chi connectivity index (χ2v) is 21.6. The third-order valence-electron chi connectivity index (χ3n) is 14.0. The van der Waals surface area contributed by atoms with Gasteiger partial charge in [-0.25, -0.2) is 0 Å². The predicted molar refractivity (Wildman–Crippen MR) is 339 cm³/mol. The molecule has 0 N–H and O–H groups in total. The molecule has 0 rings (SSSR count). The average molecular weight is 1080 g/mol. The lowest BCUT2D eigenvalue weighted by Crippen LogP contribution is -2.30. The van der Waals surface area contributed by atoms with Gasteiger partial charge in [0.25, 0.3) is 0 Å². The summed E-state index contributed by atoms with van der Waals surface area (Å²) >= 11 is 0. The van der Waals surface area contributed by atoms with E-state index in [1.165, 1.54) is 128 Å². The van der Waals surface area contributed by atoms with Gasteiger partial charge in [0.1, 0.15) is 13.2 Å². The zero-order valence-corrected chi connectivity index (χ0v) is 51.2. The van der Waals surface area contributed by atoms with Gasteiger partial charge in [0.2, 0.25) is 0 Å². The van der Waals surface area contributed by atoms with Gasteiger partial charge in [0.05, 0.1) is 0 Å². The van der Waals surface area contributed by atoms with Crippen LogP contribution >= 0.6 is 0 Å². The van der Waals surface area contributed by atoms with Gasteiger partial charge in [0, 0.05) is 19.3 Å². The second kappa shape index (κ2) is 65.6. The van der Waals surface area contributed by atoms with E-state index in [0.717, 1.165) is 141 Å². The number of ether oxygens (including phenoxy) is 3. The van der Waals surface area contributed by atoms with E-state index in [1.54, 1.807) is 0 Å². The van der Waals surface area contributed by atoms with Crippen molar-refractivity contribution in [2.24, 2.45) is 0 Å². The Morgan fingerprint density at radius 3 is 0.795 bits per heavy atom. The van der Waals surface area contributed by atoms with Crippen LogP contribution in [-0.2, 0) is 28.6 Å². The van der Waals surface area contributed by atoms with Gasteiger partial charge >= 0.3 is 17.9 Å². The summed E-state index contributed by atoms with van der Waals surface area (Å²) < 4.78 is 16.9. The number of unbranched alkanes of at least 4 members (excludes halogenated alkanes) is 30. The van der Waals surface area contributed by atoms with E-state index in [-0.39, 0.29) is 31.1 Å². The second-order valence-electron chi connectivity index (χ2n) is 21.6. The van der Waals surface area contributed by atoms with E-state index in [9.17, 15) is 14.4 Å². The third-order valence-corrected chi connectivity index (χ3v) is 14.0. The molecule has 0 amide bonds. The predicted octanol–water partition coefficient (Wildman–Crippen LogP) is 22.6. The lowest BCUT2D eigenvalue weighted by atomic mass is 10.0. The number of esters is 3. The van der Waals surface area contributed by atoms with E-state index in [2.05, 4.69) is 130 Å². The minimum absolute atomic E-state index is 0.0922. The zero-order valence-electron chi connectivity index (χ0n) is 51.2. The average Bonchev–Trinajstić information content (AvgIpc) is 3.44. The summed E-state index contributed by atoms with van der Waals surface area (Å²) in [6.07, 6.45) is 89.4. The Morgan fingerprint density at radius 1 is 0.269 bits per heavy atom. The van der Waals surface area contributed by atoms with Gasteiger partial charge in [-0.1, -0.05) is 271 Å². The van der Waals surface area contributed by atoms with E-state index < -0.39 is 6.10 Å². The number of rotatable bonds is 59. The summed E-state index contributed by atoms with van der Waals surface area (Å²) in [6, 6.07) is 0. The van der Waals surface area contributed by atoms with Crippen LogP contribution in [0.15, 0.2) is 109 Å². The van der Waals surface area contributed by atoms with Gasteiger partial charge in [-0.15, -0.1) is 0 Å². The quantitative estimate of drug-likeness (QED) is 0.0261. The Bertz CT molecular complexity index is 1570. The largest absolute Gasteiger partial charge is 0.462 e. The summed E-state index contributed by atoms with van der Waals surface area (Å²) in [5.41, 5.74) is 0. The molecule has 0 saturated heterocycles. The van der Waals surface area contributed by atoms with Crippen LogP contribution in [0.1, 0.15) is 310 Å². The van der Waals surface area contributed by atoms with E-state index in [0.29, 0.717) is 19.3 Å². The molecule has 1 atom stereocenters. The number of allylic oxidation sites excluding steroid dienone is 18. The van der Waals surface area contributed by atoms with Crippen molar-refractivity contribution < 1.29 is 28.6 Å². The Balaban J connectivity index is 4.43. The van der Waals surface area contributed by atoms with Crippen LogP contribution < -0.4 is 0 Å². The van der Waals surface area contributed by atoms with Crippen molar-refractivity contribution in [1.29, 1.82) is 0 Å². The molecule has 0 saturated carbocycles. The monoisotopic (exact) mass is 1080 g/mol. The van der Waals surface area contributed by atoms with Crippen LogP contribution in [0.2, 0.25) is 0 Å². The Morgan fingerprint density at radius 2 is 0.500 bits per heavy atom. The fraction of sp³-hybridized carbons (Fsp3) is 0.708. The molecule has 0 aromatic heterocycles. The molecular formula is C72H122O6. The highest BCUT2D eigenvalue weighted by molar-refractivity contribution is 5.71. The molecule has 0 aliphatic carbocycles. The summed E-state index contributed by atoms with van der Waals surface area (Å²) in [4.78, 5) is 38.4. The summed E-state index contributed by atoms with van der Waals surface area (Å²) in [5, 5.41) is 0. The standard InChI is InChI=1S/C72H122O6/c1-4-7-10-13-16-19-22-25-28-31-33-35-36-38-39-41-44-47-50-53-56-59-62-65-71(74)77-68-69(67-76-70(73)64-61-58-55-52-49-46-43-30-27-24-21-18-15-12-9-6-3)78-72(75)66-63-60-57-54-51-48-45-42-40-37-34-32-29-26-23-20-17-14-11-8-5-2/h8,11,17,20-22,24-26,29-31,33-34,37,42-43,45,69H,4-7,9-10,12-16,18-19,23,27-28,32,35-36,38-41,44,46-68H2,1-3H3/b11-8-,20-17-,24-21-,25-22-,29-26-,33-31-,37-34-,43-30-,45-42-. The first-order valence-corrected chi connectivity index (χ1v) is 32.9. The maximum atomic E-state index is 12.9. The van der Waals surface area contributed by atoms with Crippen molar-refractivity contribution in [3.63, 3.8) is 0 Å². The molecule has 6 nitrogen and oxygen atoms in total. The SMILES string of the molecule is CC/C=C\C/C=C\C/C=C\C/C=C\C/C=C\CCCCCCCC(=O)OC(COC(=O)CCCCCCC/C=C\C/C=C\CCCCCC)COC(=O)CCCCCCCCCCCCC/C=C\C/C=C\CCCCCCC. The summed E-state index contributed by atoms with van der Waals surface area (Å²) in [5.74, 6) is -0.919. The fourth-order valence-electron chi connectivity index (χ4n) is 9.06. The normalized spacial score (nSPS) is 12.8. The molecule has 446 valence electrons. The van der Waals surface area contributed by atoms with Crippen LogP contribution in [0.5, 0.6) is 0 Å². The van der Waals surface area contributed by atoms with Crippen molar-refractivity contribution in [2.45, 2.75) is 316 Å². The van der Waals surface area contributed by atoms with Gasteiger partial charge in [-0.2, -0.15) is 0 Å². The molecule has 0 aliphatic rings. The fourth-order valence-corrected chi connectivity index (χ4v) is 9.06. The summed E-state index contributed by atoms with van der Waals surface area (Å²) in [6.45, 7) is 6.49. The molecular weight excluding hydrogens is 961 g/mol. The first-order valence-electron chi connectivity index (χ1n) is 32.9. The Labute approximate surface area is 482 Å². The van der Waals surface area contributed by atoms with Crippen molar-refractivity contribution >= 4 is 17.9 Å². The van der Waals surface area contributed by atoms with Crippen LogP contribution in [0.3, 0.4) is 0 Å². The van der Waals surface area contributed by atoms with Crippen LogP contribution in [-0.4, -0.2) is 37.2 Å². The molecule has 0 radical (unpaired) electrons. The van der Waals surface area contributed by atoms with E-state index >= 15 is 0 Å². The number of carbonyl (C=O) groups is 3. The van der Waals surface area contributed by atoms with Crippen LogP contribution in [0.25, 0.3) is 0 Å². The zero-order chi connectivity index (χ0) is 56.4. The third kappa shape index (κ3) is 62.9. The van der Waals surface area contributed by atoms with Crippen molar-refractivity contribution in [3.8, 4) is 0 Å². The van der Waals surface area contributed by atoms with Gasteiger partial charge in [-0.3, -0.25) is 14.4 Å². The highest BCUT2D eigenvalue weighted by atomic mass is 16.6. The highest BCUT2D eigenvalue weighted by Crippen LogP contribution is 2.16. The first kappa shape index (κ1) is 74.1. The molecule has 78 heavy (non-hydrogen) atoms. The Kier molecular flexibility index (Phi) is 62.3. The van der Waals surface area contributed by atoms with E-state index in [4.69, 9.17) is 14.2 Å². The smallest absolute Gasteiger partial charge is 0.306 e. The number of hydrogen-bond donors (Lipinski definition) is 0. The topological polar surface area (TPSA) is 78.9 Å². The molecule has 0 aromatic carbocycles. The lowest BCUT2D eigenvalue weighted by Gasteiger charge is -2.18.